The number of carbonyl (C=O) groups excluding carboxylic acids is 1. The molecule has 8 heteroatoms. The van der Waals surface area contributed by atoms with Crippen LogP contribution in [0.5, 0.6) is 0 Å². The van der Waals surface area contributed by atoms with Gasteiger partial charge in [0.1, 0.15) is 17.5 Å². The summed E-state index contributed by atoms with van der Waals surface area (Å²) in [7, 11) is 0. The Balaban J connectivity index is 2.88. The first kappa shape index (κ1) is 20.4. The van der Waals surface area contributed by atoms with E-state index in [9.17, 15) is 18.7 Å². The van der Waals surface area contributed by atoms with E-state index in [1.165, 1.54) is 18.2 Å². The van der Waals surface area contributed by atoms with Crippen LogP contribution >= 0.6 is 0 Å². The molecule has 1 aliphatic rings. The molecule has 1 heterocycles. The molecule has 2 unspecified atom stereocenters. The Morgan fingerprint density at radius 3 is 2.62 bits per heavy atom. The molecule has 0 saturated carbocycles. The number of nitrogens with one attached hydrogen (secondary N) is 1. The molecule has 0 aromatic carbocycles. The molecule has 3 N–H and O–H groups in total. The van der Waals surface area contributed by atoms with Gasteiger partial charge in [-0.1, -0.05) is 18.7 Å². The maximum absolute atomic E-state index is 11.7. The van der Waals surface area contributed by atoms with Crippen molar-refractivity contribution in [3.8, 4) is 0 Å². The molecule has 0 aromatic heterocycles. The number of aliphatic hydroxyl groups is 1. The van der Waals surface area contributed by atoms with Crippen molar-refractivity contribution in [1.82, 2.24) is 9.62 Å². The topological polar surface area (TPSA) is 99.1 Å². The van der Waals surface area contributed by atoms with Gasteiger partial charge in [0.25, 0.3) is 17.2 Å². The van der Waals surface area contributed by atoms with Gasteiger partial charge in [-0.25, -0.2) is 4.21 Å². The summed E-state index contributed by atoms with van der Waals surface area (Å²) in [6.45, 7) is 10.2. The second kappa shape index (κ2) is 8.46. The molecular weight excluding hydrogens is 332 g/mol. The Morgan fingerprint density at radius 2 is 2.17 bits per heavy atom. The van der Waals surface area contributed by atoms with E-state index in [-0.39, 0.29) is 12.6 Å². The van der Waals surface area contributed by atoms with Gasteiger partial charge in [0.05, 0.1) is 11.7 Å². The van der Waals surface area contributed by atoms with Crippen molar-refractivity contribution < 1.29 is 23.4 Å². The molecule has 1 saturated heterocycles. The first-order valence-electron chi connectivity index (χ1n) is 7.70. The molecule has 0 bridgehead atoms. The standard InChI is InChI=1S/C16H26N2O5S/c1-6-8-14-12(7-2)18(24(21)22)11(3)13(23-14)9-10-17-15(19)16(4,5)20/h6-8,11,13,20H,1,9-10H2,2-5H3,(H,17,19)(H,21,22)/b12-7+,14-8+/t11-,13?/m1/s1. The molecule has 24 heavy (non-hydrogen) atoms. The van der Waals surface area contributed by atoms with Gasteiger partial charge < -0.3 is 15.2 Å². The lowest BCUT2D eigenvalue weighted by Gasteiger charge is -2.41. The van der Waals surface area contributed by atoms with Crippen LogP contribution in [0.1, 0.15) is 34.1 Å². The quantitative estimate of drug-likeness (QED) is 0.625. The van der Waals surface area contributed by atoms with Crippen molar-refractivity contribution in [2.75, 3.05) is 6.54 Å². The summed E-state index contributed by atoms with van der Waals surface area (Å²) in [5.74, 6) is -0.0311. The van der Waals surface area contributed by atoms with Crippen LogP contribution in [0.4, 0.5) is 0 Å². The van der Waals surface area contributed by atoms with Crippen LogP contribution < -0.4 is 5.32 Å². The minimum atomic E-state index is -2.20. The molecular formula is C16H26N2O5S. The molecule has 0 aliphatic carbocycles. The number of ether oxygens (including phenoxy) is 1. The smallest absolute Gasteiger partial charge is 0.262 e. The molecule has 3 atom stereocenters. The van der Waals surface area contributed by atoms with Crippen molar-refractivity contribution in [2.45, 2.75) is 51.9 Å². The number of morpholine rings is 1. The second-order valence-electron chi connectivity index (χ2n) is 6.00. The predicted octanol–water partition coefficient (Wildman–Crippen LogP) is 1.46. The zero-order valence-electron chi connectivity index (χ0n) is 14.5. The summed E-state index contributed by atoms with van der Waals surface area (Å²) < 4.78 is 28.6. The lowest BCUT2D eigenvalue weighted by Crippen LogP contribution is -2.49. The first-order valence-corrected chi connectivity index (χ1v) is 8.76. The number of rotatable bonds is 6. The zero-order chi connectivity index (χ0) is 18.5. The number of hydrogen-bond acceptors (Lipinski definition) is 4. The van der Waals surface area contributed by atoms with Gasteiger partial charge in [-0.05, 0) is 33.8 Å². The van der Waals surface area contributed by atoms with Crippen LogP contribution in [-0.4, -0.2) is 48.4 Å². The molecule has 1 amide bonds. The Labute approximate surface area is 145 Å². The average Bonchev–Trinajstić information content (AvgIpc) is 2.48. The van der Waals surface area contributed by atoms with E-state index in [2.05, 4.69) is 11.9 Å². The summed E-state index contributed by atoms with van der Waals surface area (Å²) in [6.07, 6.45) is 4.89. The fourth-order valence-corrected chi connectivity index (χ4v) is 3.16. The third-order valence-electron chi connectivity index (χ3n) is 3.66. The summed E-state index contributed by atoms with van der Waals surface area (Å²) in [5.41, 5.74) is -0.941. The number of amides is 1. The highest BCUT2D eigenvalue weighted by Gasteiger charge is 2.37. The van der Waals surface area contributed by atoms with Crippen LogP contribution in [-0.2, 0) is 20.8 Å². The summed E-state index contributed by atoms with van der Waals surface area (Å²) in [5, 5.41) is 12.2. The molecule has 136 valence electrons. The van der Waals surface area contributed by atoms with Gasteiger partial charge in [-0.15, -0.1) is 0 Å². The van der Waals surface area contributed by atoms with Crippen molar-refractivity contribution in [3.63, 3.8) is 0 Å². The van der Waals surface area contributed by atoms with Gasteiger partial charge in [0.2, 0.25) is 0 Å². The lowest BCUT2D eigenvalue weighted by molar-refractivity contribution is -0.136. The molecule has 1 fully saturated rings. The van der Waals surface area contributed by atoms with E-state index in [1.807, 2.05) is 0 Å². The number of carbonyl (C=O) groups is 1. The number of allylic oxidation sites excluding steroid dienone is 3. The third-order valence-corrected chi connectivity index (χ3v) is 4.52. The van der Waals surface area contributed by atoms with E-state index in [0.717, 1.165) is 0 Å². The highest BCUT2D eigenvalue weighted by atomic mass is 32.2. The molecule has 0 radical (unpaired) electrons. The maximum atomic E-state index is 11.7. The van der Waals surface area contributed by atoms with Gasteiger partial charge in [-0.3, -0.25) is 13.7 Å². The molecule has 1 aliphatic heterocycles. The normalized spacial score (nSPS) is 26.2. The van der Waals surface area contributed by atoms with Crippen LogP contribution in [0.25, 0.3) is 0 Å². The van der Waals surface area contributed by atoms with E-state index < -0.39 is 28.9 Å². The van der Waals surface area contributed by atoms with Gasteiger partial charge in [0, 0.05) is 13.0 Å². The van der Waals surface area contributed by atoms with E-state index in [4.69, 9.17) is 4.74 Å². The van der Waals surface area contributed by atoms with Gasteiger partial charge >= 0.3 is 0 Å². The van der Waals surface area contributed by atoms with Crippen LogP contribution in [0.2, 0.25) is 0 Å². The summed E-state index contributed by atoms with van der Waals surface area (Å²) in [6, 6.07) is -0.372. The second-order valence-corrected chi connectivity index (χ2v) is 6.85. The molecule has 0 spiro atoms. The Morgan fingerprint density at radius 1 is 1.54 bits per heavy atom. The van der Waals surface area contributed by atoms with Crippen LogP contribution in [0, 0.1) is 0 Å². The Bertz CT molecular complexity index is 565. The van der Waals surface area contributed by atoms with E-state index >= 15 is 0 Å². The number of nitrogens with zero attached hydrogens (tertiary/aromatic N) is 1. The summed E-state index contributed by atoms with van der Waals surface area (Å²) in [4.78, 5) is 11.7. The van der Waals surface area contributed by atoms with Gasteiger partial charge in [-0.2, -0.15) is 0 Å². The highest BCUT2D eigenvalue weighted by molar-refractivity contribution is 7.76. The molecule has 7 nitrogen and oxygen atoms in total. The Kier molecular flexibility index (Phi) is 7.19. The fourth-order valence-electron chi connectivity index (χ4n) is 2.37. The highest BCUT2D eigenvalue weighted by Crippen LogP contribution is 2.32. The molecule has 1 rings (SSSR count). The van der Waals surface area contributed by atoms with E-state index in [1.54, 1.807) is 32.1 Å². The van der Waals surface area contributed by atoms with Crippen molar-refractivity contribution in [1.29, 1.82) is 0 Å². The van der Waals surface area contributed by atoms with Gasteiger partial charge in [0.15, 0.2) is 0 Å². The predicted molar refractivity (Wildman–Crippen MR) is 92.9 cm³/mol. The zero-order valence-corrected chi connectivity index (χ0v) is 15.3. The number of hydrogen-bond donors (Lipinski definition) is 3. The van der Waals surface area contributed by atoms with Crippen molar-refractivity contribution in [2.24, 2.45) is 0 Å². The minimum absolute atomic E-state index is 0.274. The molecule has 0 aromatic rings. The van der Waals surface area contributed by atoms with Crippen LogP contribution in [0.15, 0.2) is 36.3 Å². The fraction of sp³-hybridized carbons (Fsp3) is 0.562. The minimum Gasteiger partial charge on any atom is -0.486 e. The maximum Gasteiger partial charge on any atom is 0.262 e. The average molecular weight is 358 g/mol. The van der Waals surface area contributed by atoms with Crippen molar-refractivity contribution in [3.05, 3.63) is 36.3 Å². The largest absolute Gasteiger partial charge is 0.486 e. The summed E-state index contributed by atoms with van der Waals surface area (Å²) >= 11 is -2.20. The third kappa shape index (κ3) is 4.93. The SMILES string of the molecule is C=C/C=C1/OC(CCNC(=O)C(C)(C)O)[C@@H](C)N(S(=O)O)/C1=C/C. The monoisotopic (exact) mass is 358 g/mol. The first-order chi connectivity index (χ1) is 11.1. The lowest BCUT2D eigenvalue weighted by atomic mass is 10.0. The van der Waals surface area contributed by atoms with E-state index in [0.29, 0.717) is 17.9 Å². The van der Waals surface area contributed by atoms with Crippen molar-refractivity contribution >= 4 is 17.2 Å². The van der Waals surface area contributed by atoms with Crippen LogP contribution in [0.3, 0.4) is 0 Å². The Hall–Kier alpha value is -1.64.